The van der Waals surface area contributed by atoms with Gasteiger partial charge in [-0.3, -0.25) is 0 Å². The Morgan fingerprint density at radius 3 is 2.03 bits per heavy atom. The van der Waals surface area contributed by atoms with Gasteiger partial charge in [0.25, 0.3) is 0 Å². The first-order valence-electron chi connectivity index (χ1n) is 11.4. The van der Waals surface area contributed by atoms with Crippen molar-refractivity contribution in [1.29, 1.82) is 0 Å². The molecule has 5 heteroatoms. The summed E-state index contributed by atoms with van der Waals surface area (Å²) in [5.74, 6) is 0. The molecule has 1 saturated heterocycles. The average Bonchev–Trinajstić information content (AvgIpc) is 3.27. The molecule has 3 rings (SSSR count). The average molecular weight is 632 g/mol. The summed E-state index contributed by atoms with van der Waals surface area (Å²) in [5, 5.41) is 2.69. The van der Waals surface area contributed by atoms with Crippen LogP contribution in [0.2, 0.25) is 8.46 Å². The van der Waals surface area contributed by atoms with E-state index < -0.39 is 31.7 Å². The van der Waals surface area contributed by atoms with Crippen molar-refractivity contribution in [3.8, 4) is 0 Å². The van der Waals surface area contributed by atoms with Gasteiger partial charge in [0.1, 0.15) is 0 Å². The van der Waals surface area contributed by atoms with Crippen LogP contribution in [0.3, 0.4) is 0 Å². The van der Waals surface area contributed by atoms with Crippen LogP contribution in [0.4, 0.5) is 0 Å². The fourth-order valence-corrected chi connectivity index (χ4v) is 18.2. The van der Waals surface area contributed by atoms with Gasteiger partial charge in [-0.25, -0.2) is 0 Å². The summed E-state index contributed by atoms with van der Waals surface area (Å²) in [4.78, 5) is 0. The van der Waals surface area contributed by atoms with E-state index in [1.165, 1.54) is 10.4 Å². The van der Waals surface area contributed by atoms with Crippen LogP contribution in [-0.4, -0.2) is 27.1 Å². The first-order valence-corrected chi connectivity index (χ1v) is 23.3. The minimum atomic E-state index is -2.56. The van der Waals surface area contributed by atoms with E-state index in [9.17, 15) is 0 Å². The summed E-state index contributed by atoms with van der Waals surface area (Å²) in [7, 11) is 4.23. The quantitative estimate of drug-likeness (QED) is 0.320. The number of hydrogen-bond donors (Lipinski definition) is 0. The van der Waals surface area contributed by atoms with Gasteiger partial charge in [-0.05, 0) is 0 Å². The first-order chi connectivity index (χ1) is 14.4. The predicted molar refractivity (Wildman–Crippen MR) is 126 cm³/mol. The second-order valence-electron chi connectivity index (χ2n) is 9.48. The molecule has 3 atom stereocenters. The van der Waals surface area contributed by atoms with Crippen molar-refractivity contribution in [2.24, 2.45) is 0 Å². The molecule has 2 aromatic rings. The van der Waals surface area contributed by atoms with Crippen molar-refractivity contribution < 1.29 is 32.5 Å². The third-order valence-corrected chi connectivity index (χ3v) is 20.1. The van der Waals surface area contributed by atoms with E-state index in [1.54, 1.807) is 0 Å². The molecule has 0 radical (unpaired) electrons. The molecule has 0 aliphatic carbocycles. The monoisotopic (exact) mass is 632 g/mol. The van der Waals surface area contributed by atoms with Crippen molar-refractivity contribution >= 4 is 26.9 Å². The molecule has 1 aliphatic rings. The maximum absolute atomic E-state index is 7.51. The normalized spacial score (nSPS) is 19.3. The van der Waals surface area contributed by atoms with E-state index in [4.69, 9.17) is 17.4 Å². The van der Waals surface area contributed by atoms with Crippen molar-refractivity contribution in [3.63, 3.8) is 0 Å². The van der Waals surface area contributed by atoms with E-state index in [2.05, 4.69) is 88.4 Å². The zero-order valence-electron chi connectivity index (χ0n) is 18.9. The van der Waals surface area contributed by atoms with Gasteiger partial charge in [-0.1, -0.05) is 0 Å². The second kappa shape index (κ2) is 11.1. The van der Waals surface area contributed by atoms with Gasteiger partial charge in [0.15, 0.2) is 0 Å². The standard InChI is InChI=1S/C25H35O2Si.ClH.Hg/c1-5-13-22(20-21-14-12-19-26-21)27-28(25(2,3)4,23-15-8-6-9-16-23)24-17-10-7-11-18-24;;/h6-11,15-18,20-22H,5,12-14,19H2,1-4H3;1H;/q;;+1/p-1/t21-,22+;;/m1../s1. The number of benzene rings is 2. The Hall–Kier alpha value is -0.198. The third-order valence-electron chi connectivity index (χ3n) is 6.42. The zero-order valence-corrected chi connectivity index (χ0v) is 26.2. The SMILES string of the molecule is CCC[C@H](O[Si](c1ccccc1)(c1ccccc1)C(C)(C)C)[C@@H]([Hg][Cl])[C@H]1CCCO1. The van der Waals surface area contributed by atoms with Gasteiger partial charge in [0.05, 0.1) is 0 Å². The maximum atomic E-state index is 7.51. The molecule has 0 saturated carbocycles. The Morgan fingerprint density at radius 2 is 1.63 bits per heavy atom. The summed E-state index contributed by atoms with van der Waals surface area (Å²) < 4.78 is 14.1. The first kappa shape index (κ1) is 24.4. The molecule has 160 valence electrons. The Balaban J connectivity index is 2.12. The van der Waals surface area contributed by atoms with Gasteiger partial charge in [-0.2, -0.15) is 0 Å². The summed E-state index contributed by atoms with van der Waals surface area (Å²) in [6.45, 7) is 10.2. The number of rotatable bonds is 9. The number of hydrogen-bond acceptors (Lipinski definition) is 2. The van der Waals surface area contributed by atoms with Crippen LogP contribution in [0.1, 0.15) is 53.4 Å². The van der Waals surface area contributed by atoms with Gasteiger partial charge in [0, 0.05) is 0 Å². The Morgan fingerprint density at radius 1 is 1.07 bits per heavy atom. The van der Waals surface area contributed by atoms with Crippen LogP contribution in [-0.2, 0) is 32.5 Å². The van der Waals surface area contributed by atoms with Gasteiger partial charge >= 0.3 is 201 Å². The summed E-state index contributed by atoms with van der Waals surface area (Å²) in [6, 6.07) is 21.9. The molecule has 2 nitrogen and oxygen atoms in total. The molecule has 0 amide bonds. The second-order valence-corrected chi connectivity index (χ2v) is 21.3. The summed E-state index contributed by atoms with van der Waals surface area (Å²) >= 11 is -1.62. The molecule has 0 spiro atoms. The summed E-state index contributed by atoms with van der Waals surface area (Å²) in [6.07, 6.45) is 4.95. The topological polar surface area (TPSA) is 18.5 Å². The fraction of sp³-hybridized carbons (Fsp3) is 0.520. The van der Waals surface area contributed by atoms with Gasteiger partial charge < -0.3 is 0 Å². The zero-order chi connectivity index (χ0) is 21.6. The summed E-state index contributed by atoms with van der Waals surface area (Å²) in [5.41, 5.74) is 0. The van der Waals surface area contributed by atoms with Crippen LogP contribution < -0.4 is 10.4 Å². The molecular weight excluding hydrogens is 596 g/mol. The number of ether oxygens (including phenoxy) is 1. The van der Waals surface area contributed by atoms with E-state index in [1.807, 2.05) is 0 Å². The molecule has 0 N–H and O–H groups in total. The molecule has 1 fully saturated rings. The molecule has 0 bridgehead atoms. The predicted octanol–water partition coefficient (Wildman–Crippen LogP) is 5.94. The van der Waals surface area contributed by atoms with E-state index >= 15 is 0 Å². The molecule has 30 heavy (non-hydrogen) atoms. The van der Waals surface area contributed by atoms with Crippen molar-refractivity contribution in [1.82, 2.24) is 0 Å². The van der Waals surface area contributed by atoms with Crippen molar-refractivity contribution in [3.05, 3.63) is 60.7 Å². The number of halogens is 1. The minimum absolute atomic E-state index is 0.00795. The molecular formula is C25H35ClHgO2Si. The van der Waals surface area contributed by atoms with Crippen molar-refractivity contribution in [2.75, 3.05) is 6.61 Å². The van der Waals surface area contributed by atoms with Crippen LogP contribution in [0.25, 0.3) is 0 Å². The van der Waals surface area contributed by atoms with E-state index in [-0.39, 0.29) is 11.1 Å². The Kier molecular flexibility index (Phi) is 9.04. The molecule has 1 aliphatic heterocycles. The van der Waals surface area contributed by atoms with Crippen LogP contribution in [0.5, 0.6) is 0 Å². The van der Waals surface area contributed by atoms with Gasteiger partial charge in [0.2, 0.25) is 0 Å². The van der Waals surface area contributed by atoms with Crippen LogP contribution in [0.15, 0.2) is 60.7 Å². The van der Waals surface area contributed by atoms with Crippen LogP contribution >= 0.6 is 8.25 Å². The third kappa shape index (κ3) is 5.23. The van der Waals surface area contributed by atoms with Crippen LogP contribution in [0, 0.1) is 0 Å². The van der Waals surface area contributed by atoms with E-state index in [0.717, 1.165) is 32.3 Å². The van der Waals surface area contributed by atoms with Crippen molar-refractivity contribution in [2.45, 2.75) is 74.1 Å². The Bertz CT molecular complexity index is 720. The molecule has 2 aromatic carbocycles. The Labute approximate surface area is 199 Å². The van der Waals surface area contributed by atoms with E-state index in [0.29, 0.717) is 9.53 Å². The molecule has 0 unspecified atom stereocenters. The molecule has 1 heterocycles. The van der Waals surface area contributed by atoms with Gasteiger partial charge in [-0.15, -0.1) is 0 Å². The fourth-order valence-electron chi connectivity index (χ4n) is 4.94. The molecule has 0 aromatic heterocycles.